The number of carboxylic acid groups (broad SMARTS) is 1. The summed E-state index contributed by atoms with van der Waals surface area (Å²) in [5.41, 5.74) is 4.93. The van der Waals surface area contributed by atoms with Crippen molar-refractivity contribution in [1.82, 2.24) is 19.9 Å². The fourth-order valence-electron chi connectivity index (χ4n) is 4.10. The van der Waals surface area contributed by atoms with E-state index in [1.165, 1.54) is 6.33 Å². The third kappa shape index (κ3) is 4.58. The zero-order valence-corrected chi connectivity index (χ0v) is 19.8. The van der Waals surface area contributed by atoms with Crippen LogP contribution in [0.25, 0.3) is 16.8 Å². The second-order valence-corrected chi connectivity index (χ2v) is 8.56. The van der Waals surface area contributed by atoms with E-state index < -0.39 is 12.0 Å². The van der Waals surface area contributed by atoms with Crippen LogP contribution >= 0.6 is 0 Å². The molecule has 0 radical (unpaired) electrons. The average Bonchev–Trinajstić information content (AvgIpc) is 3.36. The summed E-state index contributed by atoms with van der Waals surface area (Å²) in [4.78, 5) is 24.5. The number of carboxylic acids is 1. The smallest absolute Gasteiger partial charge is 0.320 e. The van der Waals surface area contributed by atoms with Crippen molar-refractivity contribution in [3.63, 3.8) is 0 Å². The second kappa shape index (κ2) is 9.67. The molecule has 0 spiro atoms. The molecule has 2 aromatic heterocycles. The van der Waals surface area contributed by atoms with Gasteiger partial charge >= 0.3 is 5.97 Å². The highest BCUT2D eigenvalue weighted by Crippen LogP contribution is 2.37. The van der Waals surface area contributed by atoms with Crippen LogP contribution in [0.2, 0.25) is 0 Å². The number of aromatic nitrogens is 3. The number of nitrogens with one attached hydrogen (secondary N) is 2. The Balaban J connectivity index is 1.42. The number of pyridine rings is 1. The Kier molecular flexibility index (Phi) is 6.26. The molecule has 4 aromatic rings. The van der Waals surface area contributed by atoms with Gasteiger partial charge in [-0.2, -0.15) is 0 Å². The third-order valence-electron chi connectivity index (χ3n) is 6.11. The first-order chi connectivity index (χ1) is 17.4. The minimum absolute atomic E-state index is 0.264. The van der Waals surface area contributed by atoms with Gasteiger partial charge in [0.1, 0.15) is 25.6 Å². The molecule has 184 valence electrons. The number of fused-ring (bicyclic) bond motifs is 2. The molecule has 1 atom stereocenters. The van der Waals surface area contributed by atoms with Gasteiger partial charge in [0.15, 0.2) is 17.1 Å². The summed E-state index contributed by atoms with van der Waals surface area (Å²) in [6, 6.07) is 12.5. The molecule has 5 rings (SSSR count). The molecular formula is C26H25N5O5. The van der Waals surface area contributed by atoms with Gasteiger partial charge in [-0.15, -0.1) is 10.2 Å². The van der Waals surface area contributed by atoms with Gasteiger partial charge in [0, 0.05) is 18.4 Å². The highest BCUT2D eigenvalue weighted by atomic mass is 16.6. The van der Waals surface area contributed by atoms with E-state index in [9.17, 15) is 9.59 Å². The molecule has 1 amide bonds. The van der Waals surface area contributed by atoms with Crippen LogP contribution in [0.15, 0.2) is 55.0 Å². The van der Waals surface area contributed by atoms with Crippen molar-refractivity contribution in [3.05, 3.63) is 71.7 Å². The lowest BCUT2D eigenvalue weighted by Crippen LogP contribution is -2.33. The van der Waals surface area contributed by atoms with Crippen molar-refractivity contribution in [2.24, 2.45) is 0 Å². The monoisotopic (exact) mass is 487 g/mol. The second-order valence-electron chi connectivity index (χ2n) is 8.56. The molecule has 2 aromatic carbocycles. The zero-order valence-electron chi connectivity index (χ0n) is 19.8. The van der Waals surface area contributed by atoms with Crippen LogP contribution in [0.1, 0.15) is 28.4 Å². The lowest BCUT2D eigenvalue weighted by Gasteiger charge is -2.20. The summed E-state index contributed by atoms with van der Waals surface area (Å²) < 4.78 is 13.0. The van der Waals surface area contributed by atoms with Crippen LogP contribution in [-0.4, -0.2) is 50.8 Å². The van der Waals surface area contributed by atoms with E-state index in [1.54, 1.807) is 23.6 Å². The fraction of sp³-hybridized carbons (Fsp3) is 0.231. The molecule has 1 aliphatic rings. The summed E-state index contributed by atoms with van der Waals surface area (Å²) in [6.07, 6.45) is 3.27. The van der Waals surface area contributed by atoms with E-state index in [-0.39, 0.29) is 12.5 Å². The number of amides is 1. The number of aliphatic carboxylic acids is 1. The molecule has 1 aliphatic heterocycles. The minimum Gasteiger partial charge on any atom is -0.486 e. The maximum atomic E-state index is 13.4. The quantitative estimate of drug-likeness (QED) is 0.362. The Morgan fingerprint density at radius 2 is 1.94 bits per heavy atom. The number of nitrogens with zero attached hydrogens (tertiary/aromatic N) is 3. The van der Waals surface area contributed by atoms with Gasteiger partial charge in [0.05, 0.1) is 5.56 Å². The SMILES string of the molecule is Cc1c(NC(=O)c2cc(CN[C@@H](C)C(=O)O)cn3cnnc23)cccc1-c1ccc2c(c1)OCCO2. The lowest BCUT2D eigenvalue weighted by molar-refractivity contribution is -0.139. The number of hydrogen-bond donors (Lipinski definition) is 3. The Morgan fingerprint density at radius 3 is 2.75 bits per heavy atom. The molecule has 0 unspecified atom stereocenters. The number of ether oxygens (including phenoxy) is 2. The Labute approximate surface area is 206 Å². The molecule has 0 saturated heterocycles. The number of anilines is 1. The van der Waals surface area contributed by atoms with Crippen molar-refractivity contribution in [3.8, 4) is 22.6 Å². The maximum absolute atomic E-state index is 13.4. The largest absolute Gasteiger partial charge is 0.486 e. The van der Waals surface area contributed by atoms with Crippen LogP contribution in [0.3, 0.4) is 0 Å². The fourth-order valence-corrected chi connectivity index (χ4v) is 4.10. The van der Waals surface area contributed by atoms with Crippen molar-refractivity contribution in [2.75, 3.05) is 18.5 Å². The van der Waals surface area contributed by atoms with Crippen LogP contribution in [0.4, 0.5) is 5.69 Å². The predicted octanol–water partition coefficient (Wildman–Crippen LogP) is 3.29. The molecular weight excluding hydrogens is 462 g/mol. The highest BCUT2D eigenvalue weighted by molar-refractivity contribution is 6.09. The maximum Gasteiger partial charge on any atom is 0.320 e. The van der Waals surface area contributed by atoms with Gasteiger partial charge in [-0.1, -0.05) is 18.2 Å². The molecule has 0 aliphatic carbocycles. The molecule has 0 saturated carbocycles. The van der Waals surface area contributed by atoms with Crippen molar-refractivity contribution in [1.29, 1.82) is 0 Å². The number of carbonyl (C=O) groups excluding carboxylic acids is 1. The Morgan fingerprint density at radius 1 is 1.14 bits per heavy atom. The summed E-state index contributed by atoms with van der Waals surface area (Å²) in [6.45, 7) is 4.81. The van der Waals surface area contributed by atoms with Crippen LogP contribution in [0.5, 0.6) is 11.5 Å². The van der Waals surface area contributed by atoms with Gasteiger partial charge in [0.25, 0.3) is 5.91 Å². The summed E-state index contributed by atoms with van der Waals surface area (Å²) in [5, 5.41) is 23.1. The number of rotatable bonds is 7. The first kappa shape index (κ1) is 23.3. The predicted molar refractivity (Wildman–Crippen MR) is 132 cm³/mol. The van der Waals surface area contributed by atoms with E-state index in [0.717, 1.165) is 28.0 Å². The summed E-state index contributed by atoms with van der Waals surface area (Å²) in [7, 11) is 0. The first-order valence-corrected chi connectivity index (χ1v) is 11.5. The molecule has 0 fully saturated rings. The first-order valence-electron chi connectivity index (χ1n) is 11.5. The highest BCUT2D eigenvalue weighted by Gasteiger charge is 2.18. The van der Waals surface area contributed by atoms with Gasteiger partial charge in [0.2, 0.25) is 0 Å². The van der Waals surface area contributed by atoms with Crippen LogP contribution < -0.4 is 20.1 Å². The minimum atomic E-state index is -0.952. The number of hydrogen-bond acceptors (Lipinski definition) is 7. The third-order valence-corrected chi connectivity index (χ3v) is 6.11. The van der Waals surface area contributed by atoms with Crippen molar-refractivity contribution in [2.45, 2.75) is 26.4 Å². The van der Waals surface area contributed by atoms with E-state index in [1.807, 2.05) is 43.3 Å². The average molecular weight is 488 g/mol. The van der Waals surface area contributed by atoms with Crippen LogP contribution in [-0.2, 0) is 11.3 Å². The summed E-state index contributed by atoms with van der Waals surface area (Å²) in [5.74, 6) is 0.122. The lowest BCUT2D eigenvalue weighted by atomic mass is 9.98. The Bertz CT molecular complexity index is 1460. The Hall–Kier alpha value is -4.44. The van der Waals surface area contributed by atoms with Gasteiger partial charge in [-0.05, 0) is 60.4 Å². The topological polar surface area (TPSA) is 127 Å². The van der Waals surface area contributed by atoms with Gasteiger partial charge < -0.3 is 25.2 Å². The number of benzene rings is 2. The molecule has 0 bridgehead atoms. The molecule has 3 N–H and O–H groups in total. The number of carbonyl (C=O) groups is 2. The van der Waals surface area contributed by atoms with Crippen molar-refractivity contribution < 1.29 is 24.2 Å². The molecule has 10 nitrogen and oxygen atoms in total. The standard InChI is InChI=1S/C26H25N5O5/c1-15-19(18-6-7-22-23(11-18)36-9-8-35-22)4-3-5-21(15)29-25(32)20-10-17(12-27-16(2)26(33)34)13-31-14-28-30-24(20)31/h3-7,10-11,13-14,16,27H,8-9,12H2,1-2H3,(H,29,32)(H,33,34)/t16-/m0/s1. The van der Waals surface area contributed by atoms with Gasteiger partial charge in [-0.25, -0.2) is 0 Å². The molecule has 3 heterocycles. The summed E-state index contributed by atoms with van der Waals surface area (Å²) >= 11 is 0. The van der Waals surface area contributed by atoms with E-state index in [2.05, 4.69) is 20.8 Å². The molecule has 36 heavy (non-hydrogen) atoms. The van der Waals surface area contributed by atoms with Gasteiger partial charge in [-0.3, -0.25) is 14.0 Å². The normalized spacial score (nSPS) is 13.4. The van der Waals surface area contributed by atoms with E-state index >= 15 is 0 Å². The zero-order chi connectivity index (χ0) is 25.2. The van der Waals surface area contributed by atoms with Crippen LogP contribution in [0, 0.1) is 6.92 Å². The van der Waals surface area contributed by atoms with E-state index in [4.69, 9.17) is 14.6 Å². The van der Waals surface area contributed by atoms with E-state index in [0.29, 0.717) is 35.9 Å². The molecule has 10 heteroatoms. The van der Waals surface area contributed by atoms with Crippen molar-refractivity contribution >= 4 is 23.2 Å².